The van der Waals surface area contributed by atoms with Gasteiger partial charge in [-0.3, -0.25) is 19.4 Å². The Bertz CT molecular complexity index is 1340. The molecule has 1 heterocycles. The molecule has 0 spiro atoms. The van der Waals surface area contributed by atoms with Crippen LogP contribution < -0.4 is 11.0 Å². The second kappa shape index (κ2) is 8.16. The molecule has 1 amide bonds. The average Bonchev–Trinajstić information content (AvgIpc) is 2.73. The van der Waals surface area contributed by atoms with E-state index in [9.17, 15) is 26.8 Å². The number of nitrogens with zero attached hydrogens (tertiary/aromatic N) is 2. The van der Waals surface area contributed by atoms with Crippen molar-refractivity contribution in [2.45, 2.75) is 24.6 Å². The Kier molecular flexibility index (Phi) is 5.92. The minimum atomic E-state index is -3.92. The van der Waals surface area contributed by atoms with E-state index in [2.05, 4.69) is 4.98 Å². The molecule has 3 aromatic rings. The molecule has 0 saturated heterocycles. The zero-order valence-electron chi connectivity index (χ0n) is 16.6. The van der Waals surface area contributed by atoms with E-state index in [4.69, 9.17) is 5.21 Å². The van der Waals surface area contributed by atoms with Crippen molar-refractivity contribution in [3.05, 3.63) is 64.7 Å². The topological polar surface area (TPSA) is 118 Å². The van der Waals surface area contributed by atoms with Gasteiger partial charge in [-0.05, 0) is 49.2 Å². The number of sulfone groups is 1. The fourth-order valence-electron chi connectivity index (χ4n) is 3.12. The number of benzene rings is 2. The van der Waals surface area contributed by atoms with Gasteiger partial charge >= 0.3 is 0 Å². The van der Waals surface area contributed by atoms with E-state index in [0.29, 0.717) is 5.56 Å². The monoisotopic (exact) mass is 451 g/mol. The van der Waals surface area contributed by atoms with Crippen molar-refractivity contribution in [3.63, 3.8) is 0 Å². The third-order valence-electron chi connectivity index (χ3n) is 5.29. The van der Waals surface area contributed by atoms with Crippen LogP contribution in [0.15, 0.2) is 47.5 Å². The van der Waals surface area contributed by atoms with Gasteiger partial charge in [-0.25, -0.2) is 27.7 Å². The number of fused-ring (bicyclic) bond motifs is 1. The molecule has 8 nitrogen and oxygen atoms in total. The number of aromatic nitrogens is 2. The number of hydrogen-bond acceptors (Lipinski definition) is 6. The summed E-state index contributed by atoms with van der Waals surface area (Å²) in [6.07, 6.45) is 1.74. The van der Waals surface area contributed by atoms with Gasteiger partial charge in [-0.1, -0.05) is 6.07 Å². The van der Waals surface area contributed by atoms with Crippen LogP contribution in [0.5, 0.6) is 0 Å². The maximum Gasteiger partial charge on any atom is 0.264 e. The molecule has 164 valence electrons. The van der Waals surface area contributed by atoms with E-state index in [0.717, 1.165) is 35.9 Å². The van der Waals surface area contributed by atoms with E-state index in [1.807, 2.05) is 0 Å². The molecule has 0 aliphatic carbocycles. The van der Waals surface area contributed by atoms with Crippen LogP contribution in [-0.4, -0.2) is 40.1 Å². The highest BCUT2D eigenvalue weighted by Gasteiger charge is 2.43. The van der Waals surface area contributed by atoms with Crippen molar-refractivity contribution < 1.29 is 27.2 Å². The molecule has 1 atom stereocenters. The molecule has 0 radical (unpaired) electrons. The van der Waals surface area contributed by atoms with Crippen LogP contribution in [0, 0.1) is 11.6 Å². The number of carbonyl (C=O) groups is 1. The number of aryl methyl sites for hydroxylation is 1. The van der Waals surface area contributed by atoms with E-state index in [1.54, 1.807) is 0 Å². The Hall–Kier alpha value is -3.18. The predicted molar refractivity (Wildman–Crippen MR) is 109 cm³/mol. The van der Waals surface area contributed by atoms with Crippen molar-refractivity contribution in [1.29, 1.82) is 0 Å². The minimum Gasteiger partial charge on any atom is -0.299 e. The molecule has 0 aliphatic heterocycles. The quantitative estimate of drug-likeness (QED) is 0.437. The molecule has 3 rings (SSSR count). The van der Waals surface area contributed by atoms with Gasteiger partial charge in [0.15, 0.2) is 14.6 Å². The Morgan fingerprint density at radius 2 is 1.94 bits per heavy atom. The van der Waals surface area contributed by atoms with E-state index < -0.39 is 37.7 Å². The number of halogens is 2. The predicted octanol–water partition coefficient (Wildman–Crippen LogP) is 2.04. The molecule has 0 aliphatic rings. The third-order valence-corrected chi connectivity index (χ3v) is 7.32. The van der Waals surface area contributed by atoms with Gasteiger partial charge in [-0.2, -0.15) is 0 Å². The summed E-state index contributed by atoms with van der Waals surface area (Å²) in [5.74, 6) is -2.35. The first-order valence-electron chi connectivity index (χ1n) is 9.06. The van der Waals surface area contributed by atoms with Gasteiger partial charge in [0.05, 0.1) is 17.2 Å². The Morgan fingerprint density at radius 1 is 1.23 bits per heavy atom. The molecule has 2 aromatic carbocycles. The van der Waals surface area contributed by atoms with Gasteiger partial charge in [-0.15, -0.1) is 0 Å². The smallest absolute Gasteiger partial charge is 0.264 e. The largest absolute Gasteiger partial charge is 0.299 e. The molecule has 11 heteroatoms. The fourth-order valence-corrected chi connectivity index (χ4v) is 3.97. The summed E-state index contributed by atoms with van der Waals surface area (Å²) in [5.41, 5.74) is 1.43. The normalized spacial score (nSPS) is 13.7. The maximum absolute atomic E-state index is 14.0. The van der Waals surface area contributed by atoms with Crippen molar-refractivity contribution >= 4 is 26.6 Å². The van der Waals surface area contributed by atoms with Gasteiger partial charge in [0, 0.05) is 18.4 Å². The lowest BCUT2D eigenvalue weighted by Gasteiger charge is -2.25. The van der Waals surface area contributed by atoms with Crippen molar-refractivity contribution in [2.24, 2.45) is 0 Å². The maximum atomic E-state index is 14.0. The molecular weight excluding hydrogens is 432 g/mol. The number of hydroxylamine groups is 1. The Labute approximate surface area is 176 Å². The number of hydrogen-bond donors (Lipinski definition) is 2. The Balaban J connectivity index is 1.98. The lowest BCUT2D eigenvalue weighted by atomic mass is 10.0. The first kappa shape index (κ1) is 22.5. The van der Waals surface area contributed by atoms with Crippen LogP contribution in [0.2, 0.25) is 0 Å². The molecule has 0 saturated carbocycles. The summed E-state index contributed by atoms with van der Waals surface area (Å²) < 4.78 is 50.8. The Morgan fingerprint density at radius 3 is 2.58 bits per heavy atom. The molecular formula is C20H19F2N3O5S. The number of amides is 1. The molecule has 0 bridgehead atoms. The zero-order valence-corrected chi connectivity index (χ0v) is 17.4. The van der Waals surface area contributed by atoms with Crippen LogP contribution in [0.1, 0.15) is 13.3 Å². The van der Waals surface area contributed by atoms with Crippen LogP contribution >= 0.6 is 0 Å². The number of carbonyl (C=O) groups excluding carboxylic acids is 1. The zero-order chi connectivity index (χ0) is 23.0. The van der Waals surface area contributed by atoms with Crippen LogP contribution in [0.25, 0.3) is 22.0 Å². The average molecular weight is 451 g/mol. The van der Waals surface area contributed by atoms with Crippen LogP contribution in [-0.2, 0) is 21.2 Å². The molecule has 1 unspecified atom stereocenters. The summed E-state index contributed by atoms with van der Waals surface area (Å²) >= 11 is 0. The molecule has 31 heavy (non-hydrogen) atoms. The second-order valence-corrected chi connectivity index (χ2v) is 9.74. The summed E-state index contributed by atoms with van der Waals surface area (Å²) in [6, 6.07) is 7.35. The molecule has 2 N–H and O–H groups in total. The SMILES string of the molecule is CC(CCn1cnc2cc(-c3cc(F)ccc3F)ccc2c1=O)(C(=O)NO)S(C)(=O)=O. The lowest BCUT2D eigenvalue weighted by molar-refractivity contribution is -0.131. The van der Waals surface area contributed by atoms with Crippen LogP contribution in [0.3, 0.4) is 0 Å². The number of nitrogens with one attached hydrogen (secondary N) is 1. The molecule has 1 aromatic heterocycles. The molecule has 0 fully saturated rings. The summed E-state index contributed by atoms with van der Waals surface area (Å²) in [6.45, 7) is 0.978. The van der Waals surface area contributed by atoms with Crippen molar-refractivity contribution in [1.82, 2.24) is 15.0 Å². The first-order valence-corrected chi connectivity index (χ1v) is 11.0. The summed E-state index contributed by atoms with van der Waals surface area (Å²) in [5, 5.41) is 9.07. The minimum absolute atomic E-state index is 0.0202. The van der Waals surface area contributed by atoms with Crippen LogP contribution in [0.4, 0.5) is 8.78 Å². The van der Waals surface area contributed by atoms with Gasteiger partial charge in [0.25, 0.3) is 11.5 Å². The second-order valence-electron chi connectivity index (χ2n) is 7.29. The van der Waals surface area contributed by atoms with E-state index in [-0.39, 0.29) is 29.4 Å². The highest BCUT2D eigenvalue weighted by atomic mass is 32.2. The fraction of sp³-hybridized carbons (Fsp3) is 0.250. The highest BCUT2D eigenvalue weighted by Crippen LogP contribution is 2.26. The lowest BCUT2D eigenvalue weighted by Crippen LogP contribution is -2.50. The highest BCUT2D eigenvalue weighted by molar-refractivity contribution is 7.92. The van der Waals surface area contributed by atoms with Gasteiger partial charge in [0.1, 0.15) is 11.6 Å². The van der Waals surface area contributed by atoms with E-state index >= 15 is 0 Å². The summed E-state index contributed by atoms with van der Waals surface area (Å²) in [7, 11) is -3.92. The van der Waals surface area contributed by atoms with E-state index in [1.165, 1.54) is 30.0 Å². The van der Waals surface area contributed by atoms with Crippen molar-refractivity contribution in [2.75, 3.05) is 6.26 Å². The summed E-state index contributed by atoms with van der Waals surface area (Å²) in [4.78, 5) is 28.9. The number of rotatable bonds is 6. The van der Waals surface area contributed by atoms with Gasteiger partial charge in [0.2, 0.25) is 0 Å². The third kappa shape index (κ3) is 4.19. The van der Waals surface area contributed by atoms with Gasteiger partial charge < -0.3 is 0 Å². The first-order chi connectivity index (χ1) is 14.5. The van der Waals surface area contributed by atoms with Crippen molar-refractivity contribution in [3.8, 4) is 11.1 Å². The standard InChI is InChI=1S/C20H19F2N3O5S/c1-20(19(27)24-28,31(2,29)30)7-8-25-11-23-17-9-12(3-5-14(17)18(25)26)15-10-13(21)4-6-16(15)22/h3-6,9-11,28H,7-8H2,1-2H3,(H,24,27).